The van der Waals surface area contributed by atoms with Gasteiger partial charge in [0.15, 0.2) is 0 Å². The lowest BCUT2D eigenvalue weighted by molar-refractivity contribution is -0.131. The van der Waals surface area contributed by atoms with Crippen LogP contribution in [0.3, 0.4) is 0 Å². The highest BCUT2D eigenvalue weighted by molar-refractivity contribution is 5.76. The van der Waals surface area contributed by atoms with Crippen LogP contribution in [0, 0.1) is 23.7 Å². The molecule has 0 aromatic heterocycles. The number of carbonyl (C=O) groups is 1. The van der Waals surface area contributed by atoms with Gasteiger partial charge in [0.1, 0.15) is 0 Å². The lowest BCUT2D eigenvalue weighted by Crippen LogP contribution is -2.34. The Balaban J connectivity index is 1.52. The van der Waals surface area contributed by atoms with E-state index in [1.807, 2.05) is 0 Å². The van der Waals surface area contributed by atoms with Crippen molar-refractivity contribution in [3.05, 3.63) is 0 Å². The van der Waals surface area contributed by atoms with E-state index >= 15 is 0 Å². The first-order chi connectivity index (χ1) is 8.63. The second-order valence-corrected chi connectivity index (χ2v) is 6.95. The molecule has 2 aliphatic carbocycles. The van der Waals surface area contributed by atoms with Gasteiger partial charge in [-0.2, -0.15) is 0 Å². The number of likely N-dealkylation sites (tertiary alicyclic amines) is 1. The van der Waals surface area contributed by atoms with Crippen LogP contribution in [0.15, 0.2) is 0 Å². The summed E-state index contributed by atoms with van der Waals surface area (Å²) >= 11 is 0. The number of rotatable bonds is 2. The molecule has 18 heavy (non-hydrogen) atoms. The Bertz CT molecular complexity index is 330. The Kier molecular flexibility index (Phi) is 3.35. The topological polar surface area (TPSA) is 46.3 Å². The Morgan fingerprint density at radius 3 is 2.72 bits per heavy atom. The molecule has 1 saturated heterocycles. The summed E-state index contributed by atoms with van der Waals surface area (Å²) < 4.78 is 0. The molecule has 1 aliphatic heterocycles. The van der Waals surface area contributed by atoms with Crippen molar-refractivity contribution in [2.45, 2.75) is 51.5 Å². The minimum atomic E-state index is 0.347. The van der Waals surface area contributed by atoms with Crippen LogP contribution in [0.5, 0.6) is 0 Å². The Hall–Kier alpha value is -0.570. The van der Waals surface area contributed by atoms with E-state index in [9.17, 15) is 4.79 Å². The smallest absolute Gasteiger partial charge is 0.222 e. The summed E-state index contributed by atoms with van der Waals surface area (Å²) in [7, 11) is 0. The van der Waals surface area contributed by atoms with E-state index in [4.69, 9.17) is 5.73 Å². The molecular weight excluding hydrogens is 224 g/mol. The second-order valence-electron chi connectivity index (χ2n) is 6.95. The fraction of sp³-hybridized carbons (Fsp3) is 0.933. The molecule has 2 saturated carbocycles. The van der Waals surface area contributed by atoms with E-state index in [1.54, 1.807) is 0 Å². The maximum Gasteiger partial charge on any atom is 0.222 e. The van der Waals surface area contributed by atoms with Crippen molar-refractivity contribution < 1.29 is 4.79 Å². The van der Waals surface area contributed by atoms with Gasteiger partial charge >= 0.3 is 0 Å². The SMILES string of the molecule is CC1CCC(CC(=O)N2CC3CCC(N)C3C2)C1. The minimum Gasteiger partial charge on any atom is -0.342 e. The molecule has 3 nitrogen and oxygen atoms in total. The van der Waals surface area contributed by atoms with E-state index in [0.29, 0.717) is 29.7 Å². The molecule has 3 fully saturated rings. The van der Waals surface area contributed by atoms with Crippen molar-refractivity contribution in [2.75, 3.05) is 13.1 Å². The van der Waals surface area contributed by atoms with E-state index in [1.165, 1.54) is 25.7 Å². The van der Waals surface area contributed by atoms with Gasteiger partial charge in [0.05, 0.1) is 0 Å². The van der Waals surface area contributed by atoms with Crippen LogP contribution in [0.4, 0.5) is 0 Å². The van der Waals surface area contributed by atoms with Crippen molar-refractivity contribution >= 4 is 5.91 Å². The second kappa shape index (κ2) is 4.84. The lowest BCUT2D eigenvalue weighted by atomic mass is 9.98. The van der Waals surface area contributed by atoms with Gasteiger partial charge in [-0.1, -0.05) is 13.3 Å². The summed E-state index contributed by atoms with van der Waals surface area (Å²) in [6.07, 6.45) is 7.01. The summed E-state index contributed by atoms with van der Waals surface area (Å²) in [6, 6.07) is 0.347. The van der Waals surface area contributed by atoms with Crippen molar-refractivity contribution in [2.24, 2.45) is 29.4 Å². The average molecular weight is 250 g/mol. The van der Waals surface area contributed by atoms with E-state index < -0.39 is 0 Å². The van der Waals surface area contributed by atoms with Gasteiger partial charge in [0, 0.05) is 25.6 Å². The molecule has 3 heteroatoms. The maximum absolute atomic E-state index is 12.3. The predicted molar refractivity (Wildman–Crippen MR) is 71.9 cm³/mol. The molecule has 1 amide bonds. The van der Waals surface area contributed by atoms with Crippen LogP contribution < -0.4 is 5.73 Å². The van der Waals surface area contributed by atoms with Crippen LogP contribution in [0.25, 0.3) is 0 Å². The molecule has 3 aliphatic rings. The third-order valence-electron chi connectivity index (χ3n) is 5.53. The van der Waals surface area contributed by atoms with Gasteiger partial charge in [-0.05, 0) is 49.4 Å². The molecule has 0 spiro atoms. The highest BCUT2D eigenvalue weighted by Gasteiger charge is 2.42. The van der Waals surface area contributed by atoms with Crippen LogP contribution in [-0.4, -0.2) is 29.9 Å². The molecule has 3 rings (SSSR count). The Labute approximate surface area is 110 Å². The summed E-state index contributed by atoms with van der Waals surface area (Å²) in [5.41, 5.74) is 6.13. The van der Waals surface area contributed by atoms with Gasteiger partial charge in [-0.25, -0.2) is 0 Å². The van der Waals surface area contributed by atoms with Gasteiger partial charge in [-0.15, -0.1) is 0 Å². The third-order valence-corrected chi connectivity index (χ3v) is 5.53. The van der Waals surface area contributed by atoms with Crippen LogP contribution in [0.2, 0.25) is 0 Å². The first kappa shape index (κ1) is 12.5. The van der Waals surface area contributed by atoms with Gasteiger partial charge in [0.25, 0.3) is 0 Å². The predicted octanol–water partition coefficient (Wildman–Crippen LogP) is 2.01. The molecule has 0 aromatic rings. The average Bonchev–Trinajstić information content (AvgIpc) is 2.98. The van der Waals surface area contributed by atoms with E-state index in [0.717, 1.165) is 31.8 Å². The van der Waals surface area contributed by atoms with Crippen LogP contribution >= 0.6 is 0 Å². The number of hydrogen-bond donors (Lipinski definition) is 1. The lowest BCUT2D eigenvalue weighted by Gasteiger charge is -2.20. The molecule has 5 atom stereocenters. The number of nitrogens with zero attached hydrogens (tertiary/aromatic N) is 1. The maximum atomic E-state index is 12.3. The molecule has 102 valence electrons. The normalized spacial score (nSPS) is 43.4. The monoisotopic (exact) mass is 250 g/mol. The summed E-state index contributed by atoms with van der Waals surface area (Å²) in [5.74, 6) is 3.18. The largest absolute Gasteiger partial charge is 0.342 e. The number of hydrogen-bond acceptors (Lipinski definition) is 2. The molecule has 0 radical (unpaired) electrons. The minimum absolute atomic E-state index is 0.347. The first-order valence-electron chi connectivity index (χ1n) is 7.67. The quantitative estimate of drug-likeness (QED) is 0.815. The van der Waals surface area contributed by atoms with Crippen molar-refractivity contribution in [1.82, 2.24) is 4.90 Å². The van der Waals surface area contributed by atoms with Crippen LogP contribution in [0.1, 0.15) is 45.4 Å². The third kappa shape index (κ3) is 2.29. The number of fused-ring (bicyclic) bond motifs is 1. The molecule has 1 heterocycles. The van der Waals surface area contributed by atoms with Crippen molar-refractivity contribution in [3.8, 4) is 0 Å². The standard InChI is InChI=1S/C15H26N2O/c1-10-2-3-11(6-10)7-15(18)17-8-12-4-5-14(16)13(12)9-17/h10-14H,2-9,16H2,1H3. The van der Waals surface area contributed by atoms with E-state index in [-0.39, 0.29) is 0 Å². The molecule has 5 unspecified atom stereocenters. The zero-order chi connectivity index (χ0) is 12.7. The van der Waals surface area contributed by atoms with Gasteiger partial charge in [0.2, 0.25) is 5.91 Å². The van der Waals surface area contributed by atoms with Crippen molar-refractivity contribution in [1.29, 1.82) is 0 Å². The van der Waals surface area contributed by atoms with Crippen LogP contribution in [-0.2, 0) is 4.79 Å². The molecule has 0 bridgehead atoms. The highest BCUT2D eigenvalue weighted by Crippen LogP contribution is 2.38. The first-order valence-corrected chi connectivity index (χ1v) is 7.67. The fourth-order valence-electron chi connectivity index (χ4n) is 4.40. The highest BCUT2D eigenvalue weighted by atomic mass is 16.2. The zero-order valence-electron chi connectivity index (χ0n) is 11.5. The molecule has 2 N–H and O–H groups in total. The van der Waals surface area contributed by atoms with Gasteiger partial charge in [-0.3, -0.25) is 4.79 Å². The van der Waals surface area contributed by atoms with Crippen molar-refractivity contribution in [3.63, 3.8) is 0 Å². The fourth-order valence-corrected chi connectivity index (χ4v) is 4.40. The summed E-state index contributed by atoms with van der Waals surface area (Å²) in [4.78, 5) is 14.4. The zero-order valence-corrected chi connectivity index (χ0v) is 11.5. The Morgan fingerprint density at radius 2 is 2.06 bits per heavy atom. The summed E-state index contributed by atoms with van der Waals surface area (Å²) in [5, 5.41) is 0. The van der Waals surface area contributed by atoms with E-state index in [2.05, 4.69) is 11.8 Å². The molecule has 0 aromatic carbocycles. The van der Waals surface area contributed by atoms with Gasteiger partial charge < -0.3 is 10.6 Å². The summed E-state index contributed by atoms with van der Waals surface area (Å²) in [6.45, 7) is 4.23. The number of nitrogens with two attached hydrogens (primary N) is 1. The Morgan fingerprint density at radius 1 is 1.22 bits per heavy atom. The molecular formula is C15H26N2O. The number of carbonyl (C=O) groups excluding carboxylic acids is 1. The number of amides is 1.